The molecule has 42 heavy (non-hydrogen) atoms. The van der Waals surface area contributed by atoms with Gasteiger partial charge in [-0.1, -0.05) is 29.8 Å². The van der Waals surface area contributed by atoms with Crippen molar-refractivity contribution in [1.29, 1.82) is 0 Å². The summed E-state index contributed by atoms with van der Waals surface area (Å²) < 4.78 is 63.0. The Balaban J connectivity index is 1.28. The van der Waals surface area contributed by atoms with Crippen LogP contribution in [-0.4, -0.2) is 80.6 Å². The maximum atomic E-state index is 13.8. The third-order valence-corrected chi connectivity index (χ3v) is 13.9. The van der Waals surface area contributed by atoms with E-state index in [1.54, 1.807) is 59.3 Å². The van der Waals surface area contributed by atoms with Crippen molar-refractivity contribution in [3.63, 3.8) is 0 Å². The molecule has 4 aromatic rings. The number of anilines is 1. The third-order valence-electron chi connectivity index (χ3n) is 7.12. The molecule has 0 N–H and O–H groups in total. The first kappa shape index (κ1) is 29.3. The Kier molecular flexibility index (Phi) is 8.17. The Bertz CT molecular complexity index is 1840. The first-order chi connectivity index (χ1) is 20.1. The first-order valence-corrected chi connectivity index (χ1v) is 18.0. The van der Waals surface area contributed by atoms with Gasteiger partial charge in [0.15, 0.2) is 0 Å². The second-order valence-corrected chi connectivity index (χ2v) is 16.4. The van der Waals surface area contributed by atoms with Crippen molar-refractivity contribution in [2.24, 2.45) is 0 Å². The van der Waals surface area contributed by atoms with Crippen LogP contribution in [0.5, 0.6) is 5.75 Å². The van der Waals surface area contributed by atoms with Gasteiger partial charge in [-0.25, -0.2) is 16.8 Å². The van der Waals surface area contributed by atoms with Crippen molar-refractivity contribution in [2.45, 2.75) is 20.9 Å². The lowest BCUT2D eigenvalue weighted by atomic mass is 10.2. The number of hydrogen-bond donors (Lipinski definition) is 0. The zero-order valence-electron chi connectivity index (χ0n) is 22.1. The molecule has 5 heterocycles. The second-order valence-electron chi connectivity index (χ2n) is 9.70. The van der Waals surface area contributed by atoms with Gasteiger partial charge in [-0.3, -0.25) is 4.79 Å². The summed E-state index contributed by atoms with van der Waals surface area (Å²) in [6.07, 6.45) is 1.35. The average Bonchev–Trinajstić information content (AvgIpc) is 3.78. The molecule has 2 aliphatic heterocycles. The molecule has 1 unspecified atom stereocenters. The van der Waals surface area contributed by atoms with Crippen molar-refractivity contribution < 1.29 is 21.6 Å². The van der Waals surface area contributed by atoms with Crippen LogP contribution in [0.4, 0.5) is 5.69 Å². The summed E-state index contributed by atoms with van der Waals surface area (Å²) in [5.74, 6) is 0.0277. The molecule has 222 valence electrons. The van der Waals surface area contributed by atoms with E-state index < -0.39 is 31.7 Å². The molecule has 16 heteroatoms. The lowest BCUT2D eigenvalue weighted by Crippen LogP contribution is -2.49. The fraction of sp³-hybridized carbons (Fsp3) is 0.308. The Hall–Kier alpha value is -2.79. The van der Waals surface area contributed by atoms with Crippen LogP contribution in [0.2, 0.25) is 5.02 Å². The third kappa shape index (κ3) is 5.62. The van der Waals surface area contributed by atoms with Crippen LogP contribution in [0, 0.1) is 0 Å². The summed E-state index contributed by atoms with van der Waals surface area (Å²) >= 11 is 8.49. The summed E-state index contributed by atoms with van der Waals surface area (Å²) in [6, 6.07) is 13.2. The molecule has 0 spiro atoms. The number of thiophene rings is 2. The summed E-state index contributed by atoms with van der Waals surface area (Å²) in [4.78, 5) is 15.7. The molecule has 2 saturated heterocycles. The highest BCUT2D eigenvalue weighted by molar-refractivity contribution is 7.91. The van der Waals surface area contributed by atoms with Crippen LogP contribution >= 0.6 is 34.3 Å². The first-order valence-electron chi connectivity index (χ1n) is 13.0. The van der Waals surface area contributed by atoms with Crippen LogP contribution in [0.15, 0.2) is 78.7 Å². The highest BCUT2D eigenvalue weighted by Gasteiger charge is 2.36. The highest BCUT2D eigenvalue weighted by Crippen LogP contribution is 2.31. The molecule has 0 bridgehead atoms. The molecular formula is C26H26ClN5O6S4. The van der Waals surface area contributed by atoms with E-state index in [0.717, 1.165) is 11.3 Å². The Morgan fingerprint density at radius 3 is 2.14 bits per heavy atom. The van der Waals surface area contributed by atoms with Crippen LogP contribution < -0.4 is 15.2 Å². The van der Waals surface area contributed by atoms with Crippen LogP contribution in [-0.2, 0) is 20.0 Å². The van der Waals surface area contributed by atoms with E-state index in [4.69, 9.17) is 16.3 Å². The van der Waals surface area contributed by atoms with E-state index in [1.807, 2.05) is 4.90 Å². The van der Waals surface area contributed by atoms with Crippen molar-refractivity contribution in [2.75, 3.05) is 44.2 Å². The highest BCUT2D eigenvalue weighted by atomic mass is 35.5. The van der Waals surface area contributed by atoms with Crippen LogP contribution in [0.1, 0.15) is 6.42 Å². The summed E-state index contributed by atoms with van der Waals surface area (Å²) in [7, 11) is -7.28. The molecule has 6 rings (SSSR count). The molecule has 2 fully saturated rings. The van der Waals surface area contributed by atoms with Gasteiger partial charge in [0.05, 0.1) is 18.4 Å². The molecule has 1 atom stereocenters. The SMILES string of the molecule is O=c1c(OC2CCN(S(=O)(=O)c3cccs3)C2)c(N2CCN(S(=O)(=O)c3cccs3)CC2)cnn1-c1cccc(Cl)c1. The molecule has 0 radical (unpaired) electrons. The molecule has 0 aliphatic carbocycles. The number of benzene rings is 1. The molecule has 11 nitrogen and oxygen atoms in total. The zero-order valence-corrected chi connectivity index (χ0v) is 26.1. The van der Waals surface area contributed by atoms with Crippen molar-refractivity contribution in [3.05, 3.63) is 80.9 Å². The second kappa shape index (κ2) is 11.7. The smallest absolute Gasteiger partial charge is 0.316 e. The fourth-order valence-corrected chi connectivity index (χ4v) is 10.4. The number of sulfonamides is 2. The molecule has 0 saturated carbocycles. The maximum absolute atomic E-state index is 13.8. The monoisotopic (exact) mass is 667 g/mol. The van der Waals surface area contributed by atoms with E-state index in [1.165, 1.54) is 30.8 Å². The van der Waals surface area contributed by atoms with Gasteiger partial charge >= 0.3 is 5.56 Å². The number of aromatic nitrogens is 2. The van der Waals surface area contributed by atoms with Gasteiger partial charge in [0.25, 0.3) is 20.0 Å². The van der Waals surface area contributed by atoms with Crippen LogP contribution in [0.3, 0.4) is 0 Å². The number of hydrogen-bond acceptors (Lipinski definition) is 10. The Morgan fingerprint density at radius 2 is 1.52 bits per heavy atom. The standard InChI is InChI=1S/C26H26ClN5O6S4/c27-19-4-1-5-20(16-19)32-26(33)25(38-21-8-9-31(18-21)42(36,37)24-7-3-15-40-24)22(17-28-32)29-10-12-30(13-11-29)41(34,35)23-6-2-14-39-23/h1-7,14-17,21H,8-13,18H2. The van der Waals surface area contributed by atoms with Gasteiger partial charge in [0.2, 0.25) is 5.75 Å². The van der Waals surface area contributed by atoms with Gasteiger partial charge in [0, 0.05) is 37.7 Å². The quantitative estimate of drug-likeness (QED) is 0.281. The summed E-state index contributed by atoms with van der Waals surface area (Å²) in [5.41, 5.74) is 0.345. The van der Waals surface area contributed by atoms with Gasteiger partial charge in [-0.15, -0.1) is 22.7 Å². The fourth-order valence-electron chi connectivity index (χ4n) is 4.98. The van der Waals surface area contributed by atoms with Crippen molar-refractivity contribution in [1.82, 2.24) is 18.4 Å². The van der Waals surface area contributed by atoms with Gasteiger partial charge < -0.3 is 9.64 Å². The normalized spacial score (nSPS) is 18.9. The van der Waals surface area contributed by atoms with Gasteiger partial charge in [-0.2, -0.15) is 18.4 Å². The molecular weight excluding hydrogens is 642 g/mol. The Labute approximate surface area is 256 Å². The average molecular weight is 668 g/mol. The minimum atomic E-state index is -3.67. The molecule has 2 aliphatic rings. The number of ether oxygens (including phenoxy) is 1. The van der Waals surface area contributed by atoms with E-state index in [9.17, 15) is 21.6 Å². The molecule has 0 amide bonds. The topological polar surface area (TPSA) is 122 Å². The van der Waals surface area contributed by atoms with Gasteiger partial charge in [-0.05, 0) is 47.5 Å². The number of piperazine rings is 1. The zero-order chi connectivity index (χ0) is 29.5. The Morgan fingerprint density at radius 1 is 0.857 bits per heavy atom. The lowest BCUT2D eigenvalue weighted by Gasteiger charge is -2.35. The van der Waals surface area contributed by atoms with E-state index >= 15 is 0 Å². The largest absolute Gasteiger partial charge is 0.481 e. The van der Waals surface area contributed by atoms with Crippen molar-refractivity contribution >= 4 is 60.0 Å². The summed E-state index contributed by atoms with van der Waals surface area (Å²) in [5, 5.41) is 8.25. The minimum absolute atomic E-state index is 0.0277. The molecule has 3 aromatic heterocycles. The van der Waals surface area contributed by atoms with Crippen molar-refractivity contribution in [3.8, 4) is 11.4 Å². The summed E-state index contributed by atoms with van der Waals surface area (Å²) in [6.45, 7) is 1.40. The van der Waals surface area contributed by atoms with E-state index in [-0.39, 0.29) is 40.3 Å². The number of halogens is 1. The molecule has 1 aromatic carbocycles. The predicted octanol–water partition coefficient (Wildman–Crippen LogP) is 3.36. The lowest BCUT2D eigenvalue weighted by molar-refractivity contribution is 0.211. The predicted molar refractivity (Wildman–Crippen MR) is 162 cm³/mol. The van der Waals surface area contributed by atoms with E-state index in [2.05, 4.69) is 5.10 Å². The number of rotatable bonds is 8. The van der Waals surface area contributed by atoms with Crippen LogP contribution in [0.25, 0.3) is 5.69 Å². The maximum Gasteiger partial charge on any atom is 0.316 e. The van der Waals surface area contributed by atoms with Gasteiger partial charge in [0.1, 0.15) is 20.2 Å². The van der Waals surface area contributed by atoms with E-state index in [0.29, 0.717) is 35.9 Å². The minimum Gasteiger partial charge on any atom is -0.481 e. The number of nitrogens with zero attached hydrogens (tertiary/aromatic N) is 5.